The molecule has 22 heavy (non-hydrogen) atoms. The second-order valence-corrected chi connectivity index (χ2v) is 6.33. The first-order chi connectivity index (χ1) is 10.8. The third-order valence-electron chi connectivity index (χ3n) is 3.84. The normalized spacial score (nSPS) is 16.8. The highest BCUT2D eigenvalue weighted by Crippen LogP contribution is 2.24. The number of hydrogen-bond acceptors (Lipinski definition) is 4. The molecule has 1 fully saturated rings. The molecule has 2 N–H and O–H groups in total. The van der Waals surface area contributed by atoms with Crippen molar-refractivity contribution >= 4 is 22.3 Å². The van der Waals surface area contributed by atoms with Gasteiger partial charge in [0, 0.05) is 45.9 Å². The van der Waals surface area contributed by atoms with Crippen LogP contribution in [-0.2, 0) is 4.74 Å². The summed E-state index contributed by atoms with van der Waals surface area (Å²) in [5.41, 5.74) is 0. The van der Waals surface area contributed by atoms with Gasteiger partial charge < -0.3 is 20.3 Å². The van der Waals surface area contributed by atoms with E-state index in [1.807, 2.05) is 25.3 Å². The Hall–Kier alpha value is -1.27. The number of guanidine groups is 1. The molecule has 2 heterocycles. The van der Waals surface area contributed by atoms with E-state index in [2.05, 4.69) is 38.0 Å². The van der Waals surface area contributed by atoms with Crippen molar-refractivity contribution in [1.29, 1.82) is 0 Å². The second-order valence-electron chi connectivity index (χ2n) is 5.41. The molecule has 0 saturated carbocycles. The van der Waals surface area contributed by atoms with Gasteiger partial charge in [-0.2, -0.15) is 0 Å². The molecule has 0 aromatic carbocycles. The van der Waals surface area contributed by atoms with Gasteiger partial charge in [0.25, 0.3) is 0 Å². The fraction of sp³-hybridized carbons (Fsp3) is 0.688. The van der Waals surface area contributed by atoms with E-state index in [0.29, 0.717) is 6.04 Å². The Balaban J connectivity index is 1.65. The zero-order chi connectivity index (χ0) is 15.6. The molecule has 0 amide bonds. The number of thiophene rings is 1. The number of anilines is 1. The van der Waals surface area contributed by atoms with E-state index in [0.717, 1.165) is 58.1 Å². The SMILES string of the molecule is CCOCCCNC(=NC)NC1CCN(c2cccs2)CC1. The number of nitrogens with one attached hydrogen (secondary N) is 2. The topological polar surface area (TPSA) is 48.9 Å². The molecule has 1 aromatic heterocycles. The number of ether oxygens (including phenoxy) is 1. The monoisotopic (exact) mass is 324 g/mol. The molecule has 0 atom stereocenters. The summed E-state index contributed by atoms with van der Waals surface area (Å²) >= 11 is 1.82. The lowest BCUT2D eigenvalue weighted by Gasteiger charge is -2.33. The Kier molecular flexibility index (Phi) is 7.53. The fourth-order valence-corrected chi connectivity index (χ4v) is 3.39. The Morgan fingerprint density at radius 3 is 2.91 bits per heavy atom. The minimum atomic E-state index is 0.509. The van der Waals surface area contributed by atoms with E-state index in [1.54, 1.807) is 0 Å². The van der Waals surface area contributed by atoms with Crippen molar-refractivity contribution in [3.05, 3.63) is 17.5 Å². The lowest BCUT2D eigenvalue weighted by atomic mass is 10.1. The molecule has 1 aliphatic rings. The Bertz CT molecular complexity index is 427. The van der Waals surface area contributed by atoms with E-state index in [4.69, 9.17) is 4.74 Å². The molecule has 0 aliphatic carbocycles. The van der Waals surface area contributed by atoms with E-state index in [-0.39, 0.29) is 0 Å². The Morgan fingerprint density at radius 2 is 2.27 bits per heavy atom. The summed E-state index contributed by atoms with van der Waals surface area (Å²) < 4.78 is 5.34. The van der Waals surface area contributed by atoms with Crippen LogP contribution in [0.15, 0.2) is 22.5 Å². The van der Waals surface area contributed by atoms with Crippen LogP contribution in [0.5, 0.6) is 0 Å². The highest BCUT2D eigenvalue weighted by Gasteiger charge is 2.20. The van der Waals surface area contributed by atoms with Gasteiger partial charge in [0.05, 0.1) is 5.00 Å². The zero-order valence-corrected chi connectivity index (χ0v) is 14.5. The summed E-state index contributed by atoms with van der Waals surface area (Å²) in [5.74, 6) is 0.908. The summed E-state index contributed by atoms with van der Waals surface area (Å²) in [6.45, 7) is 6.73. The number of piperidine rings is 1. The number of nitrogens with zero attached hydrogens (tertiary/aromatic N) is 2. The summed E-state index contributed by atoms with van der Waals surface area (Å²) in [5, 5.41) is 10.4. The maximum Gasteiger partial charge on any atom is 0.191 e. The molecule has 6 heteroatoms. The molecule has 2 rings (SSSR count). The molecule has 0 unspecified atom stereocenters. The van der Waals surface area contributed by atoms with Crippen LogP contribution in [0.1, 0.15) is 26.2 Å². The molecule has 1 aromatic rings. The summed E-state index contributed by atoms with van der Waals surface area (Å²) in [6.07, 6.45) is 3.31. The van der Waals surface area contributed by atoms with Crippen LogP contribution in [0.25, 0.3) is 0 Å². The average molecular weight is 324 g/mol. The van der Waals surface area contributed by atoms with Gasteiger partial charge in [0.15, 0.2) is 5.96 Å². The van der Waals surface area contributed by atoms with Crippen LogP contribution in [0, 0.1) is 0 Å². The van der Waals surface area contributed by atoms with Gasteiger partial charge in [-0.25, -0.2) is 0 Å². The number of rotatable bonds is 7. The van der Waals surface area contributed by atoms with Crippen molar-refractivity contribution in [2.45, 2.75) is 32.2 Å². The van der Waals surface area contributed by atoms with Crippen LogP contribution in [0.2, 0.25) is 0 Å². The molecular weight excluding hydrogens is 296 g/mol. The summed E-state index contributed by atoms with van der Waals surface area (Å²) in [4.78, 5) is 6.78. The van der Waals surface area contributed by atoms with Gasteiger partial charge in [0.2, 0.25) is 0 Å². The predicted octanol–water partition coefficient (Wildman–Crippen LogP) is 2.31. The number of aliphatic imine (C=N–C) groups is 1. The van der Waals surface area contributed by atoms with Gasteiger partial charge in [0.1, 0.15) is 0 Å². The predicted molar refractivity (Wildman–Crippen MR) is 95.2 cm³/mol. The Labute approximate surface area is 137 Å². The van der Waals surface area contributed by atoms with Crippen molar-refractivity contribution in [3.63, 3.8) is 0 Å². The maximum atomic E-state index is 5.34. The Morgan fingerprint density at radius 1 is 1.45 bits per heavy atom. The fourth-order valence-electron chi connectivity index (χ4n) is 2.61. The smallest absolute Gasteiger partial charge is 0.191 e. The zero-order valence-electron chi connectivity index (χ0n) is 13.7. The van der Waals surface area contributed by atoms with Crippen molar-refractivity contribution in [3.8, 4) is 0 Å². The number of hydrogen-bond donors (Lipinski definition) is 2. The minimum absolute atomic E-state index is 0.509. The molecule has 124 valence electrons. The minimum Gasteiger partial charge on any atom is -0.382 e. The van der Waals surface area contributed by atoms with Crippen molar-refractivity contribution < 1.29 is 4.74 Å². The van der Waals surface area contributed by atoms with Crippen molar-refractivity contribution in [2.24, 2.45) is 4.99 Å². The van der Waals surface area contributed by atoms with Crippen molar-refractivity contribution in [2.75, 3.05) is 44.8 Å². The van der Waals surface area contributed by atoms with Gasteiger partial charge in [-0.3, -0.25) is 4.99 Å². The van der Waals surface area contributed by atoms with E-state index < -0.39 is 0 Å². The van der Waals surface area contributed by atoms with E-state index in [1.165, 1.54) is 5.00 Å². The first-order valence-electron chi connectivity index (χ1n) is 8.17. The van der Waals surface area contributed by atoms with E-state index >= 15 is 0 Å². The lowest BCUT2D eigenvalue weighted by Crippen LogP contribution is -2.48. The van der Waals surface area contributed by atoms with Crippen LogP contribution < -0.4 is 15.5 Å². The van der Waals surface area contributed by atoms with E-state index in [9.17, 15) is 0 Å². The first kappa shape index (κ1) is 17.1. The highest BCUT2D eigenvalue weighted by molar-refractivity contribution is 7.14. The third kappa shape index (κ3) is 5.50. The van der Waals surface area contributed by atoms with Gasteiger partial charge >= 0.3 is 0 Å². The second kappa shape index (κ2) is 9.69. The van der Waals surface area contributed by atoms with Crippen LogP contribution in [0.4, 0.5) is 5.00 Å². The van der Waals surface area contributed by atoms with Crippen molar-refractivity contribution in [1.82, 2.24) is 10.6 Å². The largest absolute Gasteiger partial charge is 0.382 e. The quantitative estimate of drug-likeness (QED) is 0.459. The van der Waals surface area contributed by atoms with Crippen LogP contribution in [0.3, 0.4) is 0 Å². The molecule has 1 saturated heterocycles. The molecular formula is C16H28N4OS. The maximum absolute atomic E-state index is 5.34. The molecule has 5 nitrogen and oxygen atoms in total. The average Bonchev–Trinajstić information content (AvgIpc) is 3.08. The summed E-state index contributed by atoms with van der Waals surface area (Å²) in [6, 6.07) is 4.84. The first-order valence-corrected chi connectivity index (χ1v) is 9.04. The van der Waals surface area contributed by atoms with Gasteiger partial charge in [-0.1, -0.05) is 0 Å². The van der Waals surface area contributed by atoms with Gasteiger partial charge in [-0.15, -0.1) is 11.3 Å². The molecule has 0 radical (unpaired) electrons. The molecule has 1 aliphatic heterocycles. The summed E-state index contributed by atoms with van der Waals surface area (Å²) in [7, 11) is 1.83. The lowest BCUT2D eigenvalue weighted by molar-refractivity contribution is 0.145. The molecule has 0 spiro atoms. The van der Waals surface area contributed by atoms with Crippen LogP contribution in [-0.4, -0.2) is 51.9 Å². The standard InChI is InChI=1S/C16H28N4OS/c1-3-21-12-5-9-18-16(17-2)19-14-7-10-20(11-8-14)15-6-4-13-22-15/h4,6,13-14H,3,5,7-12H2,1-2H3,(H2,17,18,19). The van der Waals surface area contributed by atoms with Crippen LogP contribution >= 0.6 is 11.3 Å². The highest BCUT2D eigenvalue weighted by atomic mass is 32.1. The molecule has 0 bridgehead atoms. The van der Waals surface area contributed by atoms with Gasteiger partial charge in [-0.05, 0) is 43.7 Å². The third-order valence-corrected chi connectivity index (χ3v) is 4.77.